The van der Waals surface area contributed by atoms with Crippen LogP contribution in [0.5, 0.6) is 0 Å². The second kappa shape index (κ2) is 11.6. The number of hydrogen-bond donors (Lipinski definition) is 2. The number of hydrogen-bond acceptors (Lipinski definition) is 5. The number of benzene rings is 2. The average Bonchev–Trinajstić information content (AvgIpc) is 2.93. The lowest BCUT2D eigenvalue weighted by atomic mass is 9.84. The van der Waals surface area contributed by atoms with Gasteiger partial charge in [0.2, 0.25) is 5.91 Å². The van der Waals surface area contributed by atoms with Crippen LogP contribution in [0.2, 0.25) is 0 Å². The zero-order valence-electron chi connectivity index (χ0n) is 22.2. The van der Waals surface area contributed by atoms with Gasteiger partial charge in [-0.2, -0.15) is 0 Å². The van der Waals surface area contributed by atoms with Crippen molar-refractivity contribution in [2.45, 2.75) is 46.5 Å². The number of nitrogens with one attached hydrogen (secondary N) is 1. The van der Waals surface area contributed by atoms with Crippen LogP contribution in [0, 0.1) is 11.2 Å². The summed E-state index contributed by atoms with van der Waals surface area (Å²) in [6.07, 6.45) is 4.85. The number of pyridine rings is 1. The van der Waals surface area contributed by atoms with Crippen molar-refractivity contribution in [3.05, 3.63) is 52.3 Å². The van der Waals surface area contributed by atoms with Crippen LogP contribution in [0.1, 0.15) is 60.7 Å². The van der Waals surface area contributed by atoms with Crippen LogP contribution < -0.4 is 11.0 Å². The molecule has 0 radical (unpaired) electrons. The van der Waals surface area contributed by atoms with Gasteiger partial charge in [-0.1, -0.05) is 13.8 Å². The number of piperazine rings is 1. The average molecular weight is 536 g/mol. The van der Waals surface area contributed by atoms with Gasteiger partial charge >= 0.3 is 0 Å². The minimum atomic E-state index is -0.490. The summed E-state index contributed by atoms with van der Waals surface area (Å²) >= 11 is 0. The van der Waals surface area contributed by atoms with E-state index >= 15 is 4.39 Å². The molecule has 0 saturated carbocycles. The van der Waals surface area contributed by atoms with E-state index in [1.165, 1.54) is 19.2 Å². The summed E-state index contributed by atoms with van der Waals surface area (Å²) in [5, 5.41) is 9.62. The van der Waals surface area contributed by atoms with Gasteiger partial charge in [0.15, 0.2) is 0 Å². The van der Waals surface area contributed by atoms with Crippen LogP contribution in [0.3, 0.4) is 0 Å². The number of nitrogen functional groups attached to an aromatic ring is 1. The summed E-state index contributed by atoms with van der Waals surface area (Å²) in [5.74, 6) is -0.737. The van der Waals surface area contributed by atoms with Crippen LogP contribution in [0.15, 0.2) is 24.3 Å². The third kappa shape index (κ3) is 5.02. The summed E-state index contributed by atoms with van der Waals surface area (Å²) in [4.78, 5) is 32.9. The van der Waals surface area contributed by atoms with E-state index in [9.17, 15) is 9.59 Å². The first kappa shape index (κ1) is 27.6. The molecule has 2 aromatic carbocycles. The molecule has 1 unspecified atom stereocenters. The predicted molar refractivity (Wildman–Crippen MR) is 155 cm³/mol. The van der Waals surface area contributed by atoms with E-state index in [1.807, 2.05) is 13.8 Å². The van der Waals surface area contributed by atoms with Crippen LogP contribution in [-0.2, 0) is 17.6 Å². The molecular weight excluding hydrogens is 500 g/mol. The lowest BCUT2D eigenvalue weighted by Gasteiger charge is -2.34. The molecule has 5 rings (SSSR count). The van der Waals surface area contributed by atoms with Crippen molar-refractivity contribution in [3.8, 4) is 11.3 Å². The van der Waals surface area contributed by atoms with Gasteiger partial charge in [0.25, 0.3) is 5.91 Å². The van der Waals surface area contributed by atoms with Crippen molar-refractivity contribution in [2.24, 2.45) is 0 Å². The first-order valence-electron chi connectivity index (χ1n) is 13.2. The van der Waals surface area contributed by atoms with Crippen molar-refractivity contribution in [3.63, 3.8) is 0 Å². The van der Waals surface area contributed by atoms with Crippen molar-refractivity contribution in [1.29, 1.82) is 5.41 Å². The zero-order chi connectivity index (χ0) is 27.6. The summed E-state index contributed by atoms with van der Waals surface area (Å²) in [5.41, 5.74) is 11.4. The molecule has 1 saturated heterocycles. The number of anilines is 1. The monoisotopic (exact) mass is 535 g/mol. The quantitative estimate of drug-likeness (QED) is 0.296. The Morgan fingerprint density at radius 3 is 2.29 bits per heavy atom. The zero-order valence-corrected chi connectivity index (χ0v) is 23.4. The second-order valence-electron chi connectivity index (χ2n) is 9.45. The SMILES string of the molecule is CC.CC(=O)N1CCN(C(=O)c2ccc(-c3nc4c(P)cc(N)c(C=N)c4c4c3CCCC4)c(F)c2)CC1. The Bertz CT molecular complexity index is 1420. The van der Waals surface area contributed by atoms with Crippen LogP contribution in [0.25, 0.3) is 22.2 Å². The van der Waals surface area contributed by atoms with Gasteiger partial charge in [-0.15, -0.1) is 9.24 Å². The standard InChI is InChI=1S/C27H29FN5O2P.C2H6/c1-15(34)32-8-10-33(11-9-32)27(35)16-6-7-19(21(28)12-16)25-18-5-3-2-4-17(18)24-20(14-29)22(30)13-23(36)26(24)31-25;1-2/h6-7,12-14,29H,2-5,8-11,30,36H2,1H3;1-2H3. The highest BCUT2D eigenvalue weighted by atomic mass is 31.0. The van der Waals surface area contributed by atoms with E-state index in [2.05, 4.69) is 9.24 Å². The minimum Gasteiger partial charge on any atom is -0.398 e. The number of carbonyl (C=O) groups is 2. The molecule has 38 heavy (non-hydrogen) atoms. The van der Waals surface area contributed by atoms with Crippen molar-refractivity contribution in [2.75, 3.05) is 31.9 Å². The van der Waals surface area contributed by atoms with Gasteiger partial charge in [0, 0.05) is 67.1 Å². The second-order valence-corrected chi connectivity index (χ2v) is 10.1. The molecule has 3 aromatic rings. The maximum Gasteiger partial charge on any atom is 0.254 e. The molecule has 0 spiro atoms. The smallest absolute Gasteiger partial charge is 0.254 e. The number of nitrogens with two attached hydrogens (primary N) is 1. The van der Waals surface area contributed by atoms with E-state index in [-0.39, 0.29) is 17.4 Å². The number of rotatable bonds is 3. The van der Waals surface area contributed by atoms with Crippen LogP contribution in [-0.4, -0.2) is 59.0 Å². The third-order valence-corrected chi connectivity index (χ3v) is 7.75. The molecule has 1 fully saturated rings. The fourth-order valence-corrected chi connectivity index (χ4v) is 5.79. The normalized spacial score (nSPS) is 15.0. The first-order valence-corrected chi connectivity index (χ1v) is 13.8. The maximum atomic E-state index is 15.6. The van der Waals surface area contributed by atoms with Crippen molar-refractivity contribution >= 4 is 49.2 Å². The Balaban J connectivity index is 0.00000164. The topological polar surface area (TPSA) is 103 Å². The van der Waals surface area contributed by atoms with Gasteiger partial charge in [-0.25, -0.2) is 9.37 Å². The Morgan fingerprint density at radius 1 is 1.05 bits per heavy atom. The fraction of sp³-hybridized carbons (Fsp3) is 0.379. The van der Waals surface area contributed by atoms with Gasteiger partial charge in [-0.3, -0.25) is 9.59 Å². The molecule has 2 heterocycles. The number of fused-ring (bicyclic) bond motifs is 3. The summed E-state index contributed by atoms with van der Waals surface area (Å²) in [6.45, 7) is 7.34. The maximum absolute atomic E-state index is 15.6. The fourth-order valence-electron chi connectivity index (χ4n) is 5.40. The molecule has 1 aliphatic heterocycles. The first-order chi connectivity index (χ1) is 18.3. The summed E-state index contributed by atoms with van der Waals surface area (Å²) in [6, 6.07) is 6.38. The molecule has 1 aromatic heterocycles. The molecule has 3 N–H and O–H groups in total. The number of nitrogens with zero attached hydrogens (tertiary/aromatic N) is 3. The Labute approximate surface area is 225 Å². The van der Waals surface area contributed by atoms with E-state index < -0.39 is 5.82 Å². The highest BCUT2D eigenvalue weighted by molar-refractivity contribution is 7.28. The third-order valence-electron chi connectivity index (χ3n) is 7.31. The van der Waals surface area contributed by atoms with Crippen molar-refractivity contribution < 1.29 is 14.0 Å². The van der Waals surface area contributed by atoms with Gasteiger partial charge in [0.05, 0.1) is 11.2 Å². The Kier molecular flexibility index (Phi) is 8.41. The van der Waals surface area contributed by atoms with E-state index in [0.29, 0.717) is 54.2 Å². The number of halogens is 1. The molecule has 1 aliphatic carbocycles. The molecule has 2 amide bonds. The lowest BCUT2D eigenvalue weighted by molar-refractivity contribution is -0.130. The molecule has 9 heteroatoms. The van der Waals surface area contributed by atoms with E-state index in [1.54, 1.807) is 28.0 Å². The largest absolute Gasteiger partial charge is 0.398 e. The highest BCUT2D eigenvalue weighted by Gasteiger charge is 2.26. The molecule has 7 nitrogen and oxygen atoms in total. The van der Waals surface area contributed by atoms with Crippen LogP contribution >= 0.6 is 9.24 Å². The number of aryl methyl sites for hydroxylation is 1. The van der Waals surface area contributed by atoms with Crippen molar-refractivity contribution in [1.82, 2.24) is 14.8 Å². The predicted octanol–water partition coefficient (Wildman–Crippen LogP) is 4.33. The van der Waals surface area contributed by atoms with Gasteiger partial charge in [-0.05, 0) is 66.4 Å². The van der Waals surface area contributed by atoms with E-state index in [4.69, 9.17) is 16.1 Å². The number of carbonyl (C=O) groups excluding carboxylic acids is 2. The van der Waals surface area contributed by atoms with E-state index in [0.717, 1.165) is 47.5 Å². The number of amides is 2. The Morgan fingerprint density at radius 2 is 1.68 bits per heavy atom. The Hall–Kier alpha value is -3.38. The van der Waals surface area contributed by atoms with Gasteiger partial charge in [0.1, 0.15) is 5.82 Å². The van der Waals surface area contributed by atoms with Gasteiger partial charge < -0.3 is 20.9 Å². The minimum absolute atomic E-state index is 0.00669. The molecular formula is C29H35FN5O2P. The van der Waals surface area contributed by atoms with Crippen LogP contribution in [0.4, 0.5) is 10.1 Å². The summed E-state index contributed by atoms with van der Waals surface area (Å²) < 4.78 is 15.6. The molecule has 200 valence electrons. The summed E-state index contributed by atoms with van der Waals surface area (Å²) in [7, 11) is 2.66. The molecule has 0 bridgehead atoms. The number of aromatic nitrogens is 1. The molecule has 1 atom stereocenters. The highest BCUT2D eigenvalue weighted by Crippen LogP contribution is 2.38. The lowest BCUT2D eigenvalue weighted by Crippen LogP contribution is -2.50. The molecule has 2 aliphatic rings.